The molecule has 0 aliphatic rings. The van der Waals surface area contributed by atoms with Gasteiger partial charge in [0.2, 0.25) is 5.75 Å². The minimum atomic E-state index is -0.142. The Kier molecular flexibility index (Phi) is 4.57. The Balaban J connectivity index is 2.12. The summed E-state index contributed by atoms with van der Waals surface area (Å²) in [6, 6.07) is 13.9. The zero-order valence-corrected chi connectivity index (χ0v) is 16.3. The first-order chi connectivity index (χ1) is 13.6. The van der Waals surface area contributed by atoms with Crippen molar-refractivity contribution in [1.29, 1.82) is 0 Å². The summed E-state index contributed by atoms with van der Waals surface area (Å²) in [4.78, 5) is 4.73. The van der Waals surface area contributed by atoms with Gasteiger partial charge in [0, 0.05) is 28.9 Å². The SMILES string of the molecule is COc1cc(-c2nc(CO)cc3c4ccccc4n(C)c23)cc(OC)c1OC. The number of ether oxygens (including phenoxy) is 3. The first kappa shape index (κ1) is 18.1. The van der Waals surface area contributed by atoms with Crippen molar-refractivity contribution < 1.29 is 19.3 Å². The third kappa shape index (κ3) is 2.65. The molecule has 6 nitrogen and oxygen atoms in total. The zero-order valence-electron chi connectivity index (χ0n) is 16.3. The molecule has 0 fully saturated rings. The lowest BCUT2D eigenvalue weighted by atomic mass is 10.1. The van der Waals surface area contributed by atoms with Crippen LogP contribution in [0.2, 0.25) is 0 Å². The number of nitrogens with zero attached hydrogens (tertiary/aromatic N) is 2. The van der Waals surface area contributed by atoms with E-state index in [0.717, 1.165) is 33.1 Å². The number of pyridine rings is 1. The van der Waals surface area contributed by atoms with E-state index in [9.17, 15) is 5.11 Å². The second-order valence-corrected chi connectivity index (χ2v) is 6.51. The molecule has 4 aromatic rings. The number of aliphatic hydroxyl groups is 1. The zero-order chi connectivity index (χ0) is 19.8. The maximum Gasteiger partial charge on any atom is 0.203 e. The normalized spacial score (nSPS) is 11.2. The third-order valence-electron chi connectivity index (χ3n) is 5.04. The number of para-hydroxylation sites is 1. The molecule has 2 aromatic carbocycles. The molecule has 0 saturated heterocycles. The monoisotopic (exact) mass is 378 g/mol. The molecule has 4 rings (SSSR count). The molecule has 0 bridgehead atoms. The fourth-order valence-corrected chi connectivity index (χ4v) is 3.75. The highest BCUT2D eigenvalue weighted by atomic mass is 16.5. The smallest absolute Gasteiger partial charge is 0.203 e. The lowest BCUT2D eigenvalue weighted by molar-refractivity contribution is 0.277. The molecule has 2 heterocycles. The largest absolute Gasteiger partial charge is 0.493 e. The second-order valence-electron chi connectivity index (χ2n) is 6.51. The number of methoxy groups -OCH3 is 3. The Bertz CT molecular complexity index is 1160. The van der Waals surface area contributed by atoms with Gasteiger partial charge >= 0.3 is 0 Å². The quantitative estimate of drug-likeness (QED) is 0.570. The van der Waals surface area contributed by atoms with Gasteiger partial charge in [0.25, 0.3) is 0 Å². The van der Waals surface area contributed by atoms with Crippen molar-refractivity contribution in [3.05, 3.63) is 48.2 Å². The van der Waals surface area contributed by atoms with Crippen LogP contribution < -0.4 is 14.2 Å². The molecule has 0 aliphatic carbocycles. The van der Waals surface area contributed by atoms with Crippen molar-refractivity contribution in [3.8, 4) is 28.5 Å². The molecule has 2 aromatic heterocycles. The van der Waals surface area contributed by atoms with Gasteiger partial charge in [-0.3, -0.25) is 0 Å². The van der Waals surface area contributed by atoms with E-state index in [-0.39, 0.29) is 6.61 Å². The summed E-state index contributed by atoms with van der Waals surface area (Å²) in [6.07, 6.45) is 0. The number of hydrogen-bond donors (Lipinski definition) is 1. The average Bonchev–Trinajstić information content (AvgIpc) is 3.04. The lowest BCUT2D eigenvalue weighted by Gasteiger charge is -2.15. The second kappa shape index (κ2) is 7.05. The Morgan fingerprint density at radius 3 is 2.21 bits per heavy atom. The van der Waals surface area contributed by atoms with E-state index in [4.69, 9.17) is 19.2 Å². The van der Waals surface area contributed by atoms with Crippen LogP contribution in [0.15, 0.2) is 42.5 Å². The van der Waals surface area contributed by atoms with Crippen molar-refractivity contribution >= 4 is 21.8 Å². The molecule has 0 radical (unpaired) electrons. The topological polar surface area (TPSA) is 65.7 Å². The van der Waals surface area contributed by atoms with Gasteiger partial charge in [0.15, 0.2) is 11.5 Å². The van der Waals surface area contributed by atoms with Crippen LogP contribution in [0.4, 0.5) is 0 Å². The maximum atomic E-state index is 9.79. The molecule has 28 heavy (non-hydrogen) atoms. The molecule has 0 unspecified atom stereocenters. The number of rotatable bonds is 5. The molecule has 0 atom stereocenters. The van der Waals surface area contributed by atoms with Gasteiger partial charge in [0.05, 0.1) is 44.8 Å². The number of benzene rings is 2. The highest BCUT2D eigenvalue weighted by Crippen LogP contribution is 2.43. The van der Waals surface area contributed by atoms with Gasteiger partial charge in [-0.25, -0.2) is 4.98 Å². The minimum absolute atomic E-state index is 0.142. The van der Waals surface area contributed by atoms with Crippen molar-refractivity contribution in [3.63, 3.8) is 0 Å². The van der Waals surface area contributed by atoms with E-state index in [1.807, 2.05) is 37.4 Å². The fraction of sp³-hybridized carbons (Fsp3) is 0.227. The highest BCUT2D eigenvalue weighted by molar-refractivity contribution is 6.12. The maximum absolute atomic E-state index is 9.79. The molecule has 0 saturated carbocycles. The summed E-state index contributed by atoms with van der Waals surface area (Å²) in [6.45, 7) is -0.142. The summed E-state index contributed by atoms with van der Waals surface area (Å²) in [5, 5.41) is 12.0. The van der Waals surface area contributed by atoms with Crippen LogP contribution in [-0.4, -0.2) is 36.0 Å². The van der Waals surface area contributed by atoms with E-state index in [1.165, 1.54) is 0 Å². The van der Waals surface area contributed by atoms with Gasteiger partial charge in [0.1, 0.15) is 0 Å². The van der Waals surface area contributed by atoms with Crippen molar-refractivity contribution in [2.24, 2.45) is 7.05 Å². The Morgan fingerprint density at radius 2 is 1.61 bits per heavy atom. The van der Waals surface area contributed by atoms with Crippen LogP contribution in [-0.2, 0) is 13.7 Å². The first-order valence-corrected chi connectivity index (χ1v) is 8.91. The molecule has 144 valence electrons. The number of fused-ring (bicyclic) bond motifs is 3. The number of hydrogen-bond acceptors (Lipinski definition) is 5. The average molecular weight is 378 g/mol. The van der Waals surface area contributed by atoms with Gasteiger partial charge < -0.3 is 23.9 Å². The van der Waals surface area contributed by atoms with Crippen LogP contribution >= 0.6 is 0 Å². The van der Waals surface area contributed by atoms with Crippen molar-refractivity contribution in [1.82, 2.24) is 9.55 Å². The van der Waals surface area contributed by atoms with Gasteiger partial charge in [-0.15, -0.1) is 0 Å². The Hall–Kier alpha value is -3.25. The molecule has 0 spiro atoms. The van der Waals surface area contributed by atoms with E-state index in [1.54, 1.807) is 21.3 Å². The summed E-state index contributed by atoms with van der Waals surface area (Å²) < 4.78 is 18.6. The molecular formula is C22H22N2O4. The number of aromatic nitrogens is 2. The molecular weight excluding hydrogens is 356 g/mol. The minimum Gasteiger partial charge on any atom is -0.493 e. The van der Waals surface area contributed by atoms with E-state index >= 15 is 0 Å². The first-order valence-electron chi connectivity index (χ1n) is 8.91. The molecule has 1 N–H and O–H groups in total. The summed E-state index contributed by atoms with van der Waals surface area (Å²) in [5.74, 6) is 1.64. The van der Waals surface area contributed by atoms with Crippen molar-refractivity contribution in [2.45, 2.75) is 6.61 Å². The summed E-state index contributed by atoms with van der Waals surface area (Å²) >= 11 is 0. The van der Waals surface area contributed by atoms with Crippen molar-refractivity contribution in [2.75, 3.05) is 21.3 Å². The predicted octanol–water partition coefficient (Wildman–Crippen LogP) is 3.91. The number of aryl methyl sites for hydroxylation is 1. The predicted molar refractivity (Wildman–Crippen MR) is 109 cm³/mol. The number of aliphatic hydroxyl groups excluding tert-OH is 1. The van der Waals surface area contributed by atoms with Gasteiger partial charge in [-0.2, -0.15) is 0 Å². The van der Waals surface area contributed by atoms with Crippen LogP contribution in [0.25, 0.3) is 33.1 Å². The van der Waals surface area contributed by atoms with Gasteiger partial charge in [-0.05, 0) is 24.3 Å². The van der Waals surface area contributed by atoms with E-state index < -0.39 is 0 Å². The summed E-state index contributed by atoms with van der Waals surface area (Å²) in [7, 11) is 6.77. The molecule has 0 aliphatic heterocycles. The van der Waals surface area contributed by atoms with Crippen LogP contribution in [0.5, 0.6) is 17.2 Å². The fourth-order valence-electron chi connectivity index (χ4n) is 3.75. The van der Waals surface area contributed by atoms with Crippen LogP contribution in [0.3, 0.4) is 0 Å². The Morgan fingerprint density at radius 1 is 0.929 bits per heavy atom. The van der Waals surface area contributed by atoms with Crippen LogP contribution in [0, 0.1) is 0 Å². The molecule has 6 heteroatoms. The van der Waals surface area contributed by atoms with Gasteiger partial charge in [-0.1, -0.05) is 18.2 Å². The lowest BCUT2D eigenvalue weighted by Crippen LogP contribution is -1.99. The highest BCUT2D eigenvalue weighted by Gasteiger charge is 2.20. The summed E-state index contributed by atoms with van der Waals surface area (Å²) in [5.41, 5.74) is 4.25. The van der Waals surface area contributed by atoms with E-state index in [0.29, 0.717) is 22.9 Å². The third-order valence-corrected chi connectivity index (χ3v) is 5.04. The molecule has 0 amide bonds. The van der Waals surface area contributed by atoms with Crippen LogP contribution in [0.1, 0.15) is 5.69 Å². The Labute approximate surface area is 162 Å². The standard InChI is InChI=1S/C22H22N2O4/c1-24-17-8-6-5-7-15(17)16-11-14(12-25)23-20(21(16)24)13-9-18(26-2)22(28-4)19(10-13)27-3/h5-11,25H,12H2,1-4H3. The van der Waals surface area contributed by atoms with E-state index in [2.05, 4.69) is 16.7 Å².